The van der Waals surface area contributed by atoms with Crippen LogP contribution in [0.4, 0.5) is 0 Å². The van der Waals surface area contributed by atoms with E-state index in [0.717, 1.165) is 50.3 Å². The van der Waals surface area contributed by atoms with Crippen LogP contribution in [0.25, 0.3) is 0 Å². The number of nitrogens with zero attached hydrogens (tertiary/aromatic N) is 3. The Balaban J connectivity index is 1.19. The summed E-state index contributed by atoms with van der Waals surface area (Å²) in [5, 5.41) is 3.02. The molecule has 33 heavy (non-hydrogen) atoms. The van der Waals surface area contributed by atoms with E-state index in [4.69, 9.17) is 4.74 Å². The predicted molar refractivity (Wildman–Crippen MR) is 129 cm³/mol. The highest BCUT2D eigenvalue weighted by Gasteiger charge is 2.20. The third-order valence-corrected chi connectivity index (χ3v) is 6.02. The van der Waals surface area contributed by atoms with Gasteiger partial charge in [-0.25, -0.2) is 0 Å². The van der Waals surface area contributed by atoms with E-state index in [2.05, 4.69) is 50.5 Å². The number of aromatic nitrogens is 2. The van der Waals surface area contributed by atoms with Gasteiger partial charge in [-0.15, -0.1) is 0 Å². The number of hydrogen-bond acceptors (Lipinski definition) is 5. The molecule has 6 heteroatoms. The number of likely N-dealkylation sites (tertiary alicyclic amines) is 1. The first-order valence-corrected chi connectivity index (χ1v) is 11.7. The predicted octanol–water partition coefficient (Wildman–Crippen LogP) is 3.92. The summed E-state index contributed by atoms with van der Waals surface area (Å²) in [6.07, 6.45) is 9.04. The van der Waals surface area contributed by atoms with E-state index in [1.165, 1.54) is 5.56 Å². The standard InChI is InChI=1S/C27H32N4O2/c1-21(19-24-20-28-14-15-29-24)30-27(32)23-7-9-25(10-8-23)33-26-12-17-31(18-13-26)16-11-22-5-3-2-4-6-22/h2-10,14-15,20-21,26H,11-13,16-19H2,1H3,(H,30,32)/t21-/m1/s1. The quantitative estimate of drug-likeness (QED) is 0.542. The van der Waals surface area contributed by atoms with Crippen molar-refractivity contribution in [2.45, 2.75) is 44.8 Å². The average molecular weight is 445 g/mol. The van der Waals surface area contributed by atoms with Crippen LogP contribution in [0.3, 0.4) is 0 Å². The van der Waals surface area contributed by atoms with Crippen molar-refractivity contribution in [3.63, 3.8) is 0 Å². The Labute approximate surface area is 196 Å². The number of rotatable bonds is 9. The van der Waals surface area contributed by atoms with E-state index < -0.39 is 0 Å². The maximum Gasteiger partial charge on any atom is 0.251 e. The van der Waals surface area contributed by atoms with Gasteiger partial charge in [0.2, 0.25) is 0 Å². The second-order valence-electron chi connectivity index (χ2n) is 8.69. The van der Waals surface area contributed by atoms with E-state index in [1.54, 1.807) is 18.6 Å². The van der Waals surface area contributed by atoms with Gasteiger partial charge in [0.05, 0.1) is 5.69 Å². The molecule has 6 nitrogen and oxygen atoms in total. The van der Waals surface area contributed by atoms with Crippen molar-refractivity contribution < 1.29 is 9.53 Å². The lowest BCUT2D eigenvalue weighted by Gasteiger charge is -2.32. The van der Waals surface area contributed by atoms with E-state index >= 15 is 0 Å². The molecule has 1 aliphatic heterocycles. The molecule has 2 aromatic carbocycles. The number of nitrogens with one attached hydrogen (secondary N) is 1. The second-order valence-corrected chi connectivity index (χ2v) is 8.69. The molecule has 1 aliphatic rings. The number of amides is 1. The largest absolute Gasteiger partial charge is 0.490 e. The maximum atomic E-state index is 12.6. The minimum absolute atomic E-state index is 0.0304. The van der Waals surface area contributed by atoms with Crippen molar-refractivity contribution in [2.75, 3.05) is 19.6 Å². The smallest absolute Gasteiger partial charge is 0.251 e. The molecule has 0 unspecified atom stereocenters. The zero-order chi connectivity index (χ0) is 22.9. The van der Waals surface area contributed by atoms with Crippen LogP contribution in [0, 0.1) is 0 Å². The van der Waals surface area contributed by atoms with Crippen LogP contribution < -0.4 is 10.1 Å². The Kier molecular flexibility index (Phi) is 8.04. The van der Waals surface area contributed by atoms with Gasteiger partial charge in [-0.1, -0.05) is 30.3 Å². The zero-order valence-corrected chi connectivity index (χ0v) is 19.2. The van der Waals surface area contributed by atoms with Gasteiger partial charge in [-0.2, -0.15) is 0 Å². The Morgan fingerprint density at radius 3 is 2.55 bits per heavy atom. The molecule has 0 radical (unpaired) electrons. The van der Waals surface area contributed by atoms with Crippen LogP contribution >= 0.6 is 0 Å². The lowest BCUT2D eigenvalue weighted by molar-refractivity contribution is 0.0939. The number of carbonyl (C=O) groups is 1. The lowest BCUT2D eigenvalue weighted by atomic mass is 10.1. The van der Waals surface area contributed by atoms with Crippen molar-refractivity contribution in [2.24, 2.45) is 0 Å². The lowest BCUT2D eigenvalue weighted by Crippen LogP contribution is -2.39. The summed E-state index contributed by atoms with van der Waals surface area (Å²) < 4.78 is 6.19. The fourth-order valence-corrected chi connectivity index (χ4v) is 4.17. The first kappa shape index (κ1) is 22.9. The molecule has 4 rings (SSSR count). The fraction of sp³-hybridized carbons (Fsp3) is 0.370. The molecular weight excluding hydrogens is 412 g/mol. The van der Waals surface area contributed by atoms with Crippen molar-refractivity contribution >= 4 is 5.91 Å². The molecule has 0 aliphatic carbocycles. The Morgan fingerprint density at radius 2 is 1.85 bits per heavy atom. The molecule has 0 saturated carbocycles. The highest BCUT2D eigenvalue weighted by molar-refractivity contribution is 5.94. The summed E-state index contributed by atoms with van der Waals surface area (Å²) in [6.45, 7) is 5.18. The molecule has 1 atom stereocenters. The Hall–Kier alpha value is -3.25. The van der Waals surface area contributed by atoms with Gasteiger partial charge in [-0.3, -0.25) is 14.8 Å². The highest BCUT2D eigenvalue weighted by atomic mass is 16.5. The first-order chi connectivity index (χ1) is 16.2. The Morgan fingerprint density at radius 1 is 1.09 bits per heavy atom. The average Bonchev–Trinajstić information content (AvgIpc) is 2.85. The Bertz CT molecular complexity index is 988. The number of piperidine rings is 1. The first-order valence-electron chi connectivity index (χ1n) is 11.7. The minimum atomic E-state index is -0.0929. The van der Waals surface area contributed by atoms with Crippen LogP contribution in [0.5, 0.6) is 5.75 Å². The van der Waals surface area contributed by atoms with Gasteiger partial charge in [-0.05, 0) is 56.0 Å². The molecule has 2 heterocycles. The summed E-state index contributed by atoms with van der Waals surface area (Å²) in [5.41, 5.74) is 2.88. The second kappa shape index (κ2) is 11.6. The van der Waals surface area contributed by atoms with Crippen LogP contribution in [0.15, 0.2) is 73.2 Å². The van der Waals surface area contributed by atoms with Crippen LogP contribution in [0.1, 0.15) is 41.4 Å². The number of ether oxygens (including phenoxy) is 1. The van der Waals surface area contributed by atoms with Gasteiger partial charge in [0.15, 0.2) is 0 Å². The third-order valence-electron chi connectivity index (χ3n) is 6.02. The van der Waals surface area contributed by atoms with Crippen LogP contribution in [0.2, 0.25) is 0 Å². The SMILES string of the molecule is C[C@H](Cc1cnccn1)NC(=O)c1ccc(OC2CCN(CCc3ccccc3)CC2)cc1. The number of carbonyl (C=O) groups excluding carboxylic acids is 1. The molecular formula is C27H32N4O2. The van der Waals surface area contributed by atoms with E-state index in [1.807, 2.05) is 31.2 Å². The zero-order valence-electron chi connectivity index (χ0n) is 19.2. The van der Waals surface area contributed by atoms with Gasteiger partial charge in [0.25, 0.3) is 5.91 Å². The third kappa shape index (κ3) is 7.12. The number of benzene rings is 2. The summed E-state index contributed by atoms with van der Waals surface area (Å²) in [6, 6.07) is 18.1. The van der Waals surface area contributed by atoms with E-state index in [0.29, 0.717) is 12.0 Å². The monoisotopic (exact) mass is 444 g/mol. The van der Waals surface area contributed by atoms with Gasteiger partial charge in [0, 0.05) is 56.3 Å². The van der Waals surface area contributed by atoms with Crippen molar-refractivity contribution in [3.05, 3.63) is 90.0 Å². The topological polar surface area (TPSA) is 67.3 Å². The van der Waals surface area contributed by atoms with Crippen molar-refractivity contribution in [1.82, 2.24) is 20.2 Å². The van der Waals surface area contributed by atoms with Crippen molar-refractivity contribution in [1.29, 1.82) is 0 Å². The van der Waals surface area contributed by atoms with E-state index in [9.17, 15) is 4.79 Å². The number of hydrogen-bond donors (Lipinski definition) is 1. The van der Waals surface area contributed by atoms with Gasteiger partial charge in [0.1, 0.15) is 11.9 Å². The van der Waals surface area contributed by atoms with Gasteiger partial charge >= 0.3 is 0 Å². The molecule has 1 fully saturated rings. The highest BCUT2D eigenvalue weighted by Crippen LogP contribution is 2.20. The van der Waals surface area contributed by atoms with E-state index in [-0.39, 0.29) is 18.1 Å². The van der Waals surface area contributed by atoms with Gasteiger partial charge < -0.3 is 15.0 Å². The summed E-state index contributed by atoms with van der Waals surface area (Å²) in [4.78, 5) is 23.4. The molecule has 1 amide bonds. The fourth-order valence-electron chi connectivity index (χ4n) is 4.17. The van der Waals surface area contributed by atoms with Crippen LogP contribution in [-0.4, -0.2) is 52.6 Å². The minimum Gasteiger partial charge on any atom is -0.490 e. The molecule has 1 N–H and O–H groups in total. The summed E-state index contributed by atoms with van der Waals surface area (Å²) in [7, 11) is 0. The molecule has 1 aromatic heterocycles. The normalized spacial score (nSPS) is 15.7. The van der Waals surface area contributed by atoms with Crippen LogP contribution in [-0.2, 0) is 12.8 Å². The molecule has 0 bridgehead atoms. The molecule has 172 valence electrons. The maximum absolute atomic E-state index is 12.6. The molecule has 3 aromatic rings. The molecule has 1 saturated heterocycles. The molecule has 0 spiro atoms. The van der Waals surface area contributed by atoms with Crippen molar-refractivity contribution in [3.8, 4) is 5.75 Å². The summed E-state index contributed by atoms with van der Waals surface area (Å²) in [5.74, 6) is 0.728. The summed E-state index contributed by atoms with van der Waals surface area (Å²) >= 11 is 0.